The first-order valence-electron chi connectivity index (χ1n) is 12.1. The van der Waals surface area contributed by atoms with Gasteiger partial charge in [0.15, 0.2) is 5.58 Å². The first-order chi connectivity index (χ1) is 18.2. The molecule has 1 aliphatic heterocycles. The Balaban J connectivity index is 1.42. The van der Waals surface area contributed by atoms with Crippen LogP contribution in [0.25, 0.3) is 22.1 Å². The quantitative estimate of drug-likeness (QED) is 0.224. The van der Waals surface area contributed by atoms with Crippen LogP contribution in [0.5, 0.6) is 0 Å². The van der Waals surface area contributed by atoms with Gasteiger partial charge in [-0.3, -0.25) is 9.59 Å². The molecule has 1 aromatic heterocycles. The SMILES string of the molecule is C=N\C(N)=C/C=C(C)/C=C/C(=O)NCc1cc2cc(-c3ccc(C(=O)N4CC[C@@H](F)C4)cc3)cc(Cl)c2o1. The average molecular weight is 535 g/mol. The van der Waals surface area contributed by atoms with Crippen molar-refractivity contribution in [1.29, 1.82) is 0 Å². The highest BCUT2D eigenvalue weighted by molar-refractivity contribution is 6.35. The van der Waals surface area contributed by atoms with E-state index in [0.717, 1.165) is 22.1 Å². The molecule has 9 heteroatoms. The fourth-order valence-electron chi connectivity index (χ4n) is 4.07. The highest BCUT2D eigenvalue weighted by Gasteiger charge is 2.26. The average Bonchev–Trinajstić information content (AvgIpc) is 3.55. The summed E-state index contributed by atoms with van der Waals surface area (Å²) < 4.78 is 19.3. The van der Waals surface area contributed by atoms with Crippen LogP contribution in [0.3, 0.4) is 0 Å². The van der Waals surface area contributed by atoms with Crippen LogP contribution in [-0.2, 0) is 11.3 Å². The Labute approximate surface area is 225 Å². The lowest BCUT2D eigenvalue weighted by atomic mass is 10.0. The van der Waals surface area contributed by atoms with Crippen LogP contribution in [-0.4, -0.2) is 42.7 Å². The van der Waals surface area contributed by atoms with Crippen molar-refractivity contribution in [3.63, 3.8) is 0 Å². The summed E-state index contributed by atoms with van der Waals surface area (Å²) in [6.45, 7) is 5.93. The molecular formula is C29H28ClFN4O3. The van der Waals surface area contributed by atoms with Gasteiger partial charge in [0.1, 0.15) is 17.8 Å². The Hall–Kier alpha value is -4.17. The van der Waals surface area contributed by atoms with Gasteiger partial charge < -0.3 is 20.4 Å². The van der Waals surface area contributed by atoms with Gasteiger partial charge in [-0.1, -0.05) is 41.5 Å². The molecular weight excluding hydrogens is 507 g/mol. The number of carbonyl (C=O) groups excluding carboxylic acids is 2. The molecule has 7 nitrogen and oxygen atoms in total. The van der Waals surface area contributed by atoms with Crippen molar-refractivity contribution in [3.8, 4) is 11.1 Å². The lowest BCUT2D eigenvalue weighted by Gasteiger charge is -2.15. The summed E-state index contributed by atoms with van der Waals surface area (Å²) in [6, 6.07) is 12.7. The lowest BCUT2D eigenvalue weighted by Crippen LogP contribution is -2.28. The fraction of sp³-hybridized carbons (Fsp3) is 0.207. The molecule has 1 saturated heterocycles. The molecule has 0 bridgehead atoms. The summed E-state index contributed by atoms with van der Waals surface area (Å²) in [6.07, 6.45) is 5.83. The predicted molar refractivity (Wildman–Crippen MR) is 149 cm³/mol. The highest BCUT2D eigenvalue weighted by Crippen LogP contribution is 2.33. The number of fused-ring (bicyclic) bond motifs is 1. The molecule has 4 rings (SSSR count). The molecule has 2 heterocycles. The molecule has 196 valence electrons. The first-order valence-corrected chi connectivity index (χ1v) is 12.4. The maximum Gasteiger partial charge on any atom is 0.253 e. The molecule has 0 aliphatic carbocycles. The normalized spacial score (nSPS) is 16.4. The molecule has 2 aromatic carbocycles. The molecule has 1 atom stereocenters. The molecule has 0 saturated carbocycles. The number of nitrogens with zero attached hydrogens (tertiary/aromatic N) is 2. The van der Waals surface area contributed by atoms with Crippen LogP contribution in [0.2, 0.25) is 5.02 Å². The zero-order chi connectivity index (χ0) is 27.2. The van der Waals surface area contributed by atoms with E-state index >= 15 is 0 Å². The van der Waals surface area contributed by atoms with Gasteiger partial charge in [0, 0.05) is 23.6 Å². The van der Waals surface area contributed by atoms with Gasteiger partial charge in [0.25, 0.3) is 5.91 Å². The van der Waals surface area contributed by atoms with E-state index in [1.54, 1.807) is 36.4 Å². The summed E-state index contributed by atoms with van der Waals surface area (Å²) >= 11 is 6.50. The number of carbonyl (C=O) groups is 2. The number of furan rings is 1. The second-order valence-electron chi connectivity index (χ2n) is 9.02. The Morgan fingerprint density at radius 3 is 2.66 bits per heavy atom. The van der Waals surface area contributed by atoms with Crippen LogP contribution in [0.15, 0.2) is 87.6 Å². The standard InChI is InChI=1S/C29H28ClFN4O3/c1-18(3-9-26(32)33-2)4-10-27(36)34-16-24-14-22-13-21(15-25(30)28(22)38-24)19-5-7-20(8-6-19)29(37)35-12-11-23(31)17-35/h3-10,13-15,23H,2,11-12,16-17,32H2,1H3,(H,34,36)/b10-4+,18-3+,26-9-/t23-/m1/s1. The van der Waals surface area contributed by atoms with Gasteiger partial charge in [-0.05, 0) is 67.6 Å². The Morgan fingerprint density at radius 2 is 1.97 bits per heavy atom. The van der Waals surface area contributed by atoms with Gasteiger partial charge in [-0.2, -0.15) is 0 Å². The van der Waals surface area contributed by atoms with Gasteiger partial charge in [-0.15, -0.1) is 0 Å². The van der Waals surface area contributed by atoms with Gasteiger partial charge in [0.05, 0.1) is 18.1 Å². The van der Waals surface area contributed by atoms with Gasteiger partial charge in [0.2, 0.25) is 5.91 Å². The van der Waals surface area contributed by atoms with E-state index in [0.29, 0.717) is 34.9 Å². The number of rotatable bonds is 8. The minimum atomic E-state index is -0.952. The number of aliphatic imine (C=N–C) groups is 1. The van der Waals surface area contributed by atoms with Crippen LogP contribution in [0, 0.1) is 0 Å². The Kier molecular flexibility index (Phi) is 8.43. The molecule has 38 heavy (non-hydrogen) atoms. The second kappa shape index (κ2) is 11.9. The van der Waals surface area contributed by atoms with E-state index in [4.69, 9.17) is 21.8 Å². The Bertz CT molecular complexity index is 1460. The van der Waals surface area contributed by atoms with E-state index in [2.05, 4.69) is 17.0 Å². The van der Waals surface area contributed by atoms with Crippen LogP contribution >= 0.6 is 11.6 Å². The molecule has 0 radical (unpaired) electrons. The van der Waals surface area contributed by atoms with Crippen molar-refractivity contribution in [1.82, 2.24) is 10.2 Å². The monoisotopic (exact) mass is 534 g/mol. The molecule has 2 amide bonds. The van der Waals surface area contributed by atoms with Crippen molar-refractivity contribution >= 4 is 41.1 Å². The molecule has 1 fully saturated rings. The summed E-state index contributed by atoms with van der Waals surface area (Å²) in [7, 11) is 0. The highest BCUT2D eigenvalue weighted by atomic mass is 35.5. The van der Waals surface area contributed by atoms with E-state index in [-0.39, 0.29) is 30.7 Å². The van der Waals surface area contributed by atoms with Crippen molar-refractivity contribution in [2.24, 2.45) is 10.7 Å². The van der Waals surface area contributed by atoms with Crippen LogP contribution < -0.4 is 11.1 Å². The van der Waals surface area contributed by atoms with Crippen molar-refractivity contribution in [2.45, 2.75) is 26.1 Å². The van der Waals surface area contributed by atoms with Gasteiger partial charge in [-0.25, -0.2) is 9.38 Å². The largest absolute Gasteiger partial charge is 0.458 e. The predicted octanol–water partition coefficient (Wildman–Crippen LogP) is 5.56. The molecule has 1 aliphatic rings. The minimum absolute atomic E-state index is 0.143. The Morgan fingerprint density at radius 1 is 1.21 bits per heavy atom. The van der Waals surface area contributed by atoms with E-state index < -0.39 is 6.17 Å². The van der Waals surface area contributed by atoms with Crippen molar-refractivity contribution in [2.75, 3.05) is 13.1 Å². The maximum atomic E-state index is 13.5. The number of nitrogens with two attached hydrogens (primary N) is 1. The minimum Gasteiger partial charge on any atom is -0.458 e. The molecule has 0 unspecified atom stereocenters. The number of amides is 2. The summed E-state index contributed by atoms with van der Waals surface area (Å²) in [5.74, 6) is 0.392. The lowest BCUT2D eigenvalue weighted by molar-refractivity contribution is -0.116. The smallest absolute Gasteiger partial charge is 0.253 e. The van der Waals surface area contributed by atoms with Gasteiger partial charge >= 0.3 is 0 Å². The summed E-state index contributed by atoms with van der Waals surface area (Å²) in [5.41, 5.74) is 9.15. The number of hydrogen-bond acceptors (Lipinski definition) is 5. The molecule has 0 spiro atoms. The van der Waals surface area contributed by atoms with E-state index in [1.165, 1.54) is 11.0 Å². The molecule has 3 N–H and O–H groups in total. The van der Waals surface area contributed by atoms with E-state index in [9.17, 15) is 14.0 Å². The molecule has 3 aromatic rings. The zero-order valence-corrected chi connectivity index (χ0v) is 21.7. The third-order valence-electron chi connectivity index (χ3n) is 6.14. The van der Waals surface area contributed by atoms with Crippen LogP contribution in [0.4, 0.5) is 4.39 Å². The second-order valence-corrected chi connectivity index (χ2v) is 9.42. The third kappa shape index (κ3) is 6.58. The summed E-state index contributed by atoms with van der Waals surface area (Å²) in [4.78, 5) is 29.9. The zero-order valence-electron chi connectivity index (χ0n) is 20.9. The maximum absolute atomic E-state index is 13.5. The number of alkyl halides is 1. The van der Waals surface area contributed by atoms with E-state index in [1.807, 2.05) is 31.2 Å². The number of likely N-dealkylation sites (tertiary alicyclic amines) is 1. The number of allylic oxidation sites excluding steroid dienone is 4. The number of halogens is 2. The topological polar surface area (TPSA) is 101 Å². The number of nitrogens with one attached hydrogen (secondary N) is 1. The first kappa shape index (κ1) is 26.9. The fourth-order valence-corrected chi connectivity index (χ4v) is 4.34. The number of benzene rings is 2. The van der Waals surface area contributed by atoms with Crippen LogP contribution in [0.1, 0.15) is 29.5 Å². The third-order valence-corrected chi connectivity index (χ3v) is 6.42. The van der Waals surface area contributed by atoms with Crippen molar-refractivity contribution in [3.05, 3.63) is 94.5 Å². The number of hydrogen-bond donors (Lipinski definition) is 2. The van der Waals surface area contributed by atoms with Crippen molar-refractivity contribution < 1.29 is 18.4 Å². The summed E-state index contributed by atoms with van der Waals surface area (Å²) in [5, 5.41) is 4.00.